The molecule has 7 nitrogen and oxygen atoms in total. The van der Waals surface area contributed by atoms with E-state index >= 15 is 0 Å². The van der Waals surface area contributed by atoms with Gasteiger partial charge in [-0.15, -0.1) is 0 Å². The number of nitrogens with one attached hydrogen (secondary N) is 2. The summed E-state index contributed by atoms with van der Waals surface area (Å²) in [6, 6.07) is 5.48. The molecule has 0 radical (unpaired) electrons. The molecule has 0 saturated carbocycles. The summed E-state index contributed by atoms with van der Waals surface area (Å²) in [7, 11) is 0. The number of benzene rings is 1. The molecule has 2 N–H and O–H groups in total. The van der Waals surface area contributed by atoms with Crippen molar-refractivity contribution in [2.24, 2.45) is 11.3 Å². The Kier molecular flexibility index (Phi) is 4.07. The number of carbonyl (C=O) groups is 3. The predicted octanol–water partition coefficient (Wildman–Crippen LogP) is 0.489. The van der Waals surface area contributed by atoms with Crippen LogP contribution in [-0.4, -0.2) is 59.7 Å². The van der Waals surface area contributed by atoms with Crippen molar-refractivity contribution in [1.29, 1.82) is 0 Å². The van der Waals surface area contributed by atoms with E-state index in [1.54, 1.807) is 4.90 Å². The van der Waals surface area contributed by atoms with Crippen LogP contribution >= 0.6 is 0 Å². The van der Waals surface area contributed by atoms with Crippen LogP contribution in [-0.2, 0) is 22.7 Å². The number of rotatable bonds is 3. The van der Waals surface area contributed by atoms with Gasteiger partial charge in [0, 0.05) is 44.7 Å². The minimum absolute atomic E-state index is 0.0765. The van der Waals surface area contributed by atoms with Gasteiger partial charge < -0.3 is 10.2 Å². The van der Waals surface area contributed by atoms with Gasteiger partial charge in [-0.25, -0.2) is 0 Å². The fraction of sp³-hybridized carbons (Fsp3) is 0.571. The second kappa shape index (κ2) is 6.39. The van der Waals surface area contributed by atoms with Gasteiger partial charge in [-0.1, -0.05) is 25.1 Å². The molecule has 28 heavy (non-hydrogen) atoms. The molecule has 3 fully saturated rings. The van der Waals surface area contributed by atoms with E-state index in [4.69, 9.17) is 0 Å². The highest BCUT2D eigenvalue weighted by Crippen LogP contribution is 2.39. The van der Waals surface area contributed by atoms with Gasteiger partial charge in [-0.2, -0.15) is 0 Å². The molecule has 4 heterocycles. The van der Waals surface area contributed by atoms with Gasteiger partial charge in [-0.3, -0.25) is 24.6 Å². The Morgan fingerprint density at radius 1 is 1.25 bits per heavy atom. The van der Waals surface area contributed by atoms with Crippen molar-refractivity contribution < 1.29 is 14.4 Å². The average Bonchev–Trinajstić information content (AvgIpc) is 3.25. The maximum atomic E-state index is 13.2. The van der Waals surface area contributed by atoms with Crippen molar-refractivity contribution in [3.05, 3.63) is 34.9 Å². The zero-order valence-electron chi connectivity index (χ0n) is 16.2. The van der Waals surface area contributed by atoms with Crippen LogP contribution in [0.25, 0.3) is 0 Å². The molecule has 1 aromatic carbocycles. The monoisotopic (exact) mass is 382 g/mol. The van der Waals surface area contributed by atoms with Gasteiger partial charge in [0.1, 0.15) is 6.04 Å². The van der Waals surface area contributed by atoms with Crippen LogP contribution in [0.15, 0.2) is 18.2 Å². The number of hydrogen-bond donors (Lipinski definition) is 2. The van der Waals surface area contributed by atoms with Crippen LogP contribution in [0.2, 0.25) is 0 Å². The lowest BCUT2D eigenvalue weighted by Gasteiger charge is -2.29. The number of amides is 3. The Morgan fingerprint density at radius 2 is 2.11 bits per heavy atom. The maximum Gasteiger partial charge on any atom is 0.255 e. The third-order valence-corrected chi connectivity index (χ3v) is 7.00. The molecule has 0 bridgehead atoms. The first-order chi connectivity index (χ1) is 13.4. The zero-order chi connectivity index (χ0) is 19.5. The normalized spacial score (nSPS) is 32.6. The summed E-state index contributed by atoms with van der Waals surface area (Å²) in [5.74, 6) is -0.0206. The van der Waals surface area contributed by atoms with Crippen molar-refractivity contribution in [3.8, 4) is 0 Å². The van der Waals surface area contributed by atoms with E-state index in [0.717, 1.165) is 49.4 Å². The van der Waals surface area contributed by atoms with Crippen LogP contribution in [0.4, 0.5) is 0 Å². The minimum atomic E-state index is -0.554. The highest BCUT2D eigenvalue weighted by molar-refractivity contribution is 6.05. The Hall–Kier alpha value is -2.25. The van der Waals surface area contributed by atoms with E-state index in [1.165, 1.54) is 0 Å². The number of piperidine rings is 1. The third kappa shape index (κ3) is 2.76. The summed E-state index contributed by atoms with van der Waals surface area (Å²) in [6.45, 7) is 7.79. The topological polar surface area (TPSA) is 81.8 Å². The Balaban J connectivity index is 1.36. The van der Waals surface area contributed by atoms with Crippen molar-refractivity contribution in [2.75, 3.05) is 26.2 Å². The number of fused-ring (bicyclic) bond motifs is 2. The molecule has 148 valence electrons. The molecule has 3 saturated heterocycles. The molecule has 0 aliphatic carbocycles. The van der Waals surface area contributed by atoms with E-state index in [1.807, 2.05) is 18.2 Å². The number of nitrogens with zero attached hydrogens (tertiary/aromatic N) is 2. The molecule has 4 aliphatic rings. The van der Waals surface area contributed by atoms with Gasteiger partial charge >= 0.3 is 0 Å². The molecule has 7 heteroatoms. The van der Waals surface area contributed by atoms with Crippen LogP contribution in [0, 0.1) is 11.3 Å². The van der Waals surface area contributed by atoms with Crippen molar-refractivity contribution in [3.63, 3.8) is 0 Å². The first kappa shape index (κ1) is 17.8. The molecule has 5 rings (SSSR count). The van der Waals surface area contributed by atoms with Gasteiger partial charge in [-0.05, 0) is 35.4 Å². The molecule has 1 aromatic rings. The largest absolute Gasteiger partial charge is 0.322 e. The summed E-state index contributed by atoms with van der Waals surface area (Å²) in [5, 5.41) is 5.87. The summed E-state index contributed by atoms with van der Waals surface area (Å²) < 4.78 is 0. The third-order valence-electron chi connectivity index (χ3n) is 7.00. The standard InChI is InChI=1S/C21H26N4O3/c1-21-11-22-7-15(21)10-24(12-21)8-13-3-2-4-14-9-25(20(28)18(13)14)16-5-6-17(26)23-19(16)27/h2-4,15-16,22H,5-12H2,1H3,(H,23,26,27)/t15-,16?,21+/m1/s1. The Morgan fingerprint density at radius 3 is 2.89 bits per heavy atom. The van der Waals surface area contributed by atoms with E-state index in [9.17, 15) is 14.4 Å². The Bertz CT molecular complexity index is 869. The fourth-order valence-corrected chi connectivity index (χ4v) is 5.46. The molecular weight excluding hydrogens is 356 g/mol. The number of likely N-dealkylation sites (tertiary alicyclic amines) is 1. The van der Waals surface area contributed by atoms with Gasteiger partial charge in [0.05, 0.1) is 0 Å². The van der Waals surface area contributed by atoms with E-state index < -0.39 is 6.04 Å². The predicted molar refractivity (Wildman–Crippen MR) is 102 cm³/mol. The Labute approximate surface area is 164 Å². The molecule has 3 atom stereocenters. The SMILES string of the molecule is C[C@@]12CNC[C@@H]1CN(Cc1cccc3c1C(=O)N(C1CCC(=O)NC1=O)C3)C2. The molecule has 0 aromatic heterocycles. The quantitative estimate of drug-likeness (QED) is 0.744. The molecule has 0 spiro atoms. The van der Waals surface area contributed by atoms with Crippen molar-refractivity contribution in [2.45, 2.75) is 38.9 Å². The maximum absolute atomic E-state index is 13.2. The lowest BCUT2D eigenvalue weighted by Crippen LogP contribution is -2.52. The highest BCUT2D eigenvalue weighted by atomic mass is 16.2. The van der Waals surface area contributed by atoms with Crippen molar-refractivity contribution >= 4 is 17.7 Å². The molecule has 1 unspecified atom stereocenters. The van der Waals surface area contributed by atoms with E-state index in [-0.39, 0.29) is 24.1 Å². The highest BCUT2D eigenvalue weighted by Gasteiger charge is 2.46. The van der Waals surface area contributed by atoms with E-state index in [2.05, 4.69) is 22.5 Å². The lowest BCUT2D eigenvalue weighted by molar-refractivity contribution is -0.136. The second-order valence-electron chi connectivity index (χ2n) is 9.00. The van der Waals surface area contributed by atoms with Gasteiger partial charge in [0.2, 0.25) is 11.8 Å². The fourth-order valence-electron chi connectivity index (χ4n) is 5.46. The number of imide groups is 1. The summed E-state index contributed by atoms with van der Waals surface area (Å²) in [5.41, 5.74) is 3.11. The zero-order valence-corrected chi connectivity index (χ0v) is 16.2. The molecule has 4 aliphatic heterocycles. The summed E-state index contributed by atoms with van der Waals surface area (Å²) in [6.07, 6.45) is 0.685. The van der Waals surface area contributed by atoms with Crippen molar-refractivity contribution in [1.82, 2.24) is 20.4 Å². The van der Waals surface area contributed by atoms with Crippen LogP contribution in [0.3, 0.4) is 0 Å². The van der Waals surface area contributed by atoms with Crippen LogP contribution < -0.4 is 10.6 Å². The van der Waals surface area contributed by atoms with Crippen LogP contribution in [0.5, 0.6) is 0 Å². The average molecular weight is 382 g/mol. The number of hydrogen-bond acceptors (Lipinski definition) is 5. The summed E-state index contributed by atoms with van der Waals surface area (Å²) in [4.78, 5) is 41.0. The minimum Gasteiger partial charge on any atom is -0.322 e. The summed E-state index contributed by atoms with van der Waals surface area (Å²) >= 11 is 0. The number of carbonyl (C=O) groups excluding carboxylic acids is 3. The molecular formula is C21H26N4O3. The van der Waals surface area contributed by atoms with Crippen LogP contribution in [0.1, 0.15) is 41.3 Å². The first-order valence-electron chi connectivity index (χ1n) is 10.1. The lowest BCUT2D eigenvalue weighted by atomic mass is 9.83. The second-order valence-corrected chi connectivity index (χ2v) is 9.00. The van der Waals surface area contributed by atoms with Gasteiger partial charge in [0.25, 0.3) is 5.91 Å². The van der Waals surface area contributed by atoms with Gasteiger partial charge in [0.15, 0.2) is 0 Å². The smallest absolute Gasteiger partial charge is 0.255 e. The first-order valence-corrected chi connectivity index (χ1v) is 10.1. The molecule has 3 amide bonds. The van der Waals surface area contributed by atoms with E-state index in [0.29, 0.717) is 24.3 Å².